The molecule has 0 spiro atoms. The third-order valence-electron chi connectivity index (χ3n) is 7.48. The average molecular weight is 556 g/mol. The van der Waals surface area contributed by atoms with Crippen LogP contribution >= 0.6 is 11.3 Å². The number of ether oxygens (including phenoxy) is 3. The number of nitrogens with zero attached hydrogens (tertiary/aromatic N) is 3. The Bertz CT molecular complexity index is 1530. The van der Waals surface area contributed by atoms with Crippen LogP contribution in [0, 0.1) is 6.92 Å². The maximum atomic E-state index is 13.0. The Kier molecular flexibility index (Phi) is 7.68. The molecule has 1 fully saturated rings. The van der Waals surface area contributed by atoms with E-state index in [-0.39, 0.29) is 11.9 Å². The Morgan fingerprint density at radius 3 is 2.62 bits per heavy atom. The van der Waals surface area contributed by atoms with Gasteiger partial charge in [-0.3, -0.25) is 9.79 Å². The number of thiazole rings is 1. The summed E-state index contributed by atoms with van der Waals surface area (Å²) in [6, 6.07) is 18.1. The summed E-state index contributed by atoms with van der Waals surface area (Å²) in [6.07, 6.45) is 6.73. The van der Waals surface area contributed by atoms with E-state index in [1.54, 1.807) is 18.4 Å². The fourth-order valence-corrected chi connectivity index (χ4v) is 6.25. The van der Waals surface area contributed by atoms with Crippen LogP contribution in [-0.2, 0) is 0 Å². The molecule has 2 aliphatic heterocycles. The Morgan fingerprint density at radius 2 is 1.80 bits per heavy atom. The first-order chi connectivity index (χ1) is 19.6. The molecule has 206 valence electrons. The van der Waals surface area contributed by atoms with Crippen LogP contribution in [0.25, 0.3) is 20.8 Å². The molecule has 1 saturated heterocycles. The van der Waals surface area contributed by atoms with E-state index >= 15 is 0 Å². The molecule has 4 aromatic rings. The third kappa shape index (κ3) is 5.41. The first-order valence-electron chi connectivity index (χ1n) is 13.9. The SMILES string of the molecule is COc1cc(-c2nc3ccccc3s2)ccc1OCCCCCOc1cc2c(cc1C)C(=O)N1CCC[C@H]1C=N2. The van der Waals surface area contributed by atoms with Crippen LogP contribution in [0.1, 0.15) is 48.0 Å². The van der Waals surface area contributed by atoms with Gasteiger partial charge in [-0.05, 0) is 81.0 Å². The van der Waals surface area contributed by atoms with Gasteiger partial charge in [0.05, 0.1) is 47.8 Å². The lowest BCUT2D eigenvalue weighted by Crippen LogP contribution is -2.35. The number of hydrogen-bond acceptors (Lipinski definition) is 7. The standard InChI is InChI=1S/C32H33N3O4S/c1-21-17-24-26(33-20-23-9-8-14-35(23)32(24)36)19-28(21)39-16-7-3-6-15-38-27-13-12-22(18-29(27)37-2)31-34-25-10-4-5-11-30(25)40-31/h4-5,10-13,17-20,23H,3,6-9,14-16H2,1-2H3/t23-/m0/s1. The summed E-state index contributed by atoms with van der Waals surface area (Å²) in [5.41, 5.74) is 4.37. The molecule has 7 nitrogen and oxygen atoms in total. The molecule has 0 saturated carbocycles. The van der Waals surface area contributed by atoms with Gasteiger partial charge < -0.3 is 19.1 Å². The maximum absolute atomic E-state index is 13.0. The van der Waals surface area contributed by atoms with Crippen LogP contribution in [0.5, 0.6) is 17.2 Å². The molecule has 6 rings (SSSR count). The summed E-state index contributed by atoms with van der Waals surface area (Å²) in [6.45, 7) is 4.00. The Hall–Kier alpha value is -3.91. The molecule has 2 aliphatic rings. The number of fused-ring (bicyclic) bond motifs is 3. The lowest BCUT2D eigenvalue weighted by molar-refractivity contribution is 0.0774. The molecule has 0 bridgehead atoms. The first kappa shape index (κ1) is 26.3. The van der Waals surface area contributed by atoms with Gasteiger partial charge in [0.25, 0.3) is 5.91 Å². The highest BCUT2D eigenvalue weighted by Gasteiger charge is 2.32. The highest BCUT2D eigenvalue weighted by molar-refractivity contribution is 7.21. The normalized spacial score (nSPS) is 16.1. The number of para-hydroxylation sites is 1. The van der Waals surface area contributed by atoms with Gasteiger partial charge in [0.1, 0.15) is 10.8 Å². The average Bonchev–Trinajstić information content (AvgIpc) is 3.61. The number of carbonyl (C=O) groups is 1. The van der Waals surface area contributed by atoms with Gasteiger partial charge >= 0.3 is 0 Å². The minimum absolute atomic E-state index is 0.0765. The van der Waals surface area contributed by atoms with Crippen LogP contribution < -0.4 is 14.2 Å². The van der Waals surface area contributed by atoms with Crippen LogP contribution in [0.2, 0.25) is 0 Å². The molecule has 3 heterocycles. The summed E-state index contributed by atoms with van der Waals surface area (Å²) in [5.74, 6) is 2.31. The molecular formula is C32H33N3O4S. The summed E-state index contributed by atoms with van der Waals surface area (Å²) >= 11 is 1.67. The molecule has 40 heavy (non-hydrogen) atoms. The number of rotatable bonds is 10. The van der Waals surface area contributed by atoms with Crippen LogP contribution in [0.4, 0.5) is 5.69 Å². The van der Waals surface area contributed by atoms with E-state index in [0.717, 1.165) is 71.8 Å². The van der Waals surface area contributed by atoms with E-state index in [4.69, 9.17) is 19.2 Å². The summed E-state index contributed by atoms with van der Waals surface area (Å²) in [5, 5.41) is 0.967. The monoisotopic (exact) mass is 555 g/mol. The van der Waals surface area contributed by atoms with Crippen LogP contribution in [0.3, 0.4) is 0 Å². The number of aryl methyl sites for hydroxylation is 1. The van der Waals surface area contributed by atoms with Crippen molar-refractivity contribution in [2.75, 3.05) is 26.9 Å². The van der Waals surface area contributed by atoms with E-state index in [2.05, 4.69) is 11.1 Å². The number of unbranched alkanes of at least 4 members (excludes halogenated alkanes) is 2. The molecule has 0 aliphatic carbocycles. The van der Waals surface area contributed by atoms with Crippen molar-refractivity contribution in [3.8, 4) is 27.8 Å². The Morgan fingerprint density at radius 1 is 0.975 bits per heavy atom. The topological polar surface area (TPSA) is 73.2 Å². The zero-order valence-corrected chi connectivity index (χ0v) is 23.7. The number of hydrogen-bond donors (Lipinski definition) is 0. The molecule has 1 aromatic heterocycles. The number of methoxy groups -OCH3 is 1. The highest BCUT2D eigenvalue weighted by atomic mass is 32.1. The van der Waals surface area contributed by atoms with E-state index in [1.807, 2.05) is 66.6 Å². The van der Waals surface area contributed by atoms with Gasteiger partial charge in [0.15, 0.2) is 11.5 Å². The third-order valence-corrected chi connectivity index (χ3v) is 8.56. The summed E-state index contributed by atoms with van der Waals surface area (Å²) < 4.78 is 18.9. The molecule has 1 atom stereocenters. The zero-order chi connectivity index (χ0) is 27.5. The van der Waals surface area contributed by atoms with Gasteiger partial charge in [0, 0.05) is 24.4 Å². The molecule has 8 heteroatoms. The van der Waals surface area contributed by atoms with Crippen LogP contribution in [0.15, 0.2) is 59.6 Å². The maximum Gasteiger partial charge on any atom is 0.256 e. The zero-order valence-electron chi connectivity index (χ0n) is 22.9. The number of amides is 1. The van der Waals surface area contributed by atoms with Crippen LogP contribution in [-0.4, -0.2) is 54.9 Å². The molecule has 0 N–H and O–H groups in total. The lowest BCUT2D eigenvalue weighted by Gasteiger charge is -2.20. The van der Waals surface area contributed by atoms with E-state index in [0.29, 0.717) is 30.2 Å². The molecule has 0 radical (unpaired) electrons. The second-order valence-electron chi connectivity index (χ2n) is 10.2. The van der Waals surface area contributed by atoms with Crippen molar-refractivity contribution in [3.63, 3.8) is 0 Å². The molecular weight excluding hydrogens is 522 g/mol. The second-order valence-corrected chi connectivity index (χ2v) is 11.3. The fourth-order valence-electron chi connectivity index (χ4n) is 5.29. The van der Waals surface area contributed by atoms with E-state index in [1.165, 1.54) is 4.70 Å². The van der Waals surface area contributed by atoms with Crippen molar-refractivity contribution in [1.82, 2.24) is 9.88 Å². The highest BCUT2D eigenvalue weighted by Crippen LogP contribution is 2.36. The van der Waals surface area contributed by atoms with Crippen molar-refractivity contribution < 1.29 is 19.0 Å². The molecule has 1 amide bonds. The fraction of sp³-hybridized carbons (Fsp3) is 0.344. The van der Waals surface area contributed by atoms with Crippen molar-refractivity contribution in [2.45, 2.75) is 45.1 Å². The Balaban J connectivity index is 0.982. The van der Waals surface area contributed by atoms with Crippen molar-refractivity contribution in [1.29, 1.82) is 0 Å². The summed E-state index contributed by atoms with van der Waals surface area (Å²) in [4.78, 5) is 24.3. The van der Waals surface area contributed by atoms with Gasteiger partial charge in [0.2, 0.25) is 0 Å². The van der Waals surface area contributed by atoms with E-state index < -0.39 is 0 Å². The predicted octanol–water partition coefficient (Wildman–Crippen LogP) is 7.23. The number of aromatic nitrogens is 1. The minimum atomic E-state index is 0.0765. The van der Waals surface area contributed by atoms with Gasteiger partial charge in [-0.2, -0.15) is 0 Å². The number of aliphatic imine (C=N–C) groups is 1. The van der Waals surface area contributed by atoms with Crippen molar-refractivity contribution in [2.24, 2.45) is 4.99 Å². The second kappa shape index (κ2) is 11.7. The quantitative estimate of drug-likeness (QED) is 0.193. The van der Waals surface area contributed by atoms with Crippen molar-refractivity contribution in [3.05, 3.63) is 65.7 Å². The largest absolute Gasteiger partial charge is 0.493 e. The van der Waals surface area contributed by atoms with E-state index in [9.17, 15) is 4.79 Å². The lowest BCUT2D eigenvalue weighted by atomic mass is 10.1. The predicted molar refractivity (Wildman–Crippen MR) is 160 cm³/mol. The Labute approximate surface area is 238 Å². The molecule has 3 aromatic carbocycles. The number of benzene rings is 3. The van der Waals surface area contributed by atoms with Gasteiger partial charge in [-0.1, -0.05) is 12.1 Å². The van der Waals surface area contributed by atoms with Gasteiger partial charge in [-0.15, -0.1) is 11.3 Å². The summed E-state index contributed by atoms with van der Waals surface area (Å²) in [7, 11) is 1.66. The minimum Gasteiger partial charge on any atom is -0.493 e. The number of carbonyl (C=O) groups excluding carboxylic acids is 1. The van der Waals surface area contributed by atoms with Crippen molar-refractivity contribution >= 4 is 39.4 Å². The smallest absolute Gasteiger partial charge is 0.256 e. The molecule has 0 unspecified atom stereocenters. The van der Waals surface area contributed by atoms with Gasteiger partial charge in [-0.25, -0.2) is 4.98 Å². The first-order valence-corrected chi connectivity index (χ1v) is 14.7.